The number of nitrogens with zero attached hydrogens (tertiary/aromatic N) is 1. The summed E-state index contributed by atoms with van der Waals surface area (Å²) in [5, 5.41) is 5.98. The molecule has 25 heavy (non-hydrogen) atoms. The van der Waals surface area contributed by atoms with Gasteiger partial charge in [-0.05, 0) is 38.0 Å². The van der Waals surface area contributed by atoms with Gasteiger partial charge in [-0.1, -0.05) is 6.07 Å². The lowest BCUT2D eigenvalue weighted by atomic mass is 10.1. The number of aliphatic imine (C=N–C) groups is 1. The van der Waals surface area contributed by atoms with Crippen molar-refractivity contribution in [3.63, 3.8) is 0 Å². The molecule has 0 aliphatic heterocycles. The Morgan fingerprint density at radius 1 is 1.20 bits per heavy atom. The van der Waals surface area contributed by atoms with E-state index in [4.69, 9.17) is 4.74 Å². The average Bonchev–Trinajstić information content (AvgIpc) is 2.52. The highest BCUT2D eigenvalue weighted by Gasteiger charge is 2.33. The van der Waals surface area contributed by atoms with Crippen LogP contribution in [0.4, 0.5) is 17.6 Å². The number of benzene rings is 1. The summed E-state index contributed by atoms with van der Waals surface area (Å²) in [5.74, 6) is -0.512. The van der Waals surface area contributed by atoms with Crippen molar-refractivity contribution in [1.29, 1.82) is 0 Å². The van der Waals surface area contributed by atoms with Crippen LogP contribution in [0, 0.1) is 5.82 Å². The number of alkyl halides is 3. The van der Waals surface area contributed by atoms with Gasteiger partial charge in [0.2, 0.25) is 0 Å². The van der Waals surface area contributed by atoms with Crippen LogP contribution in [0.3, 0.4) is 0 Å². The average molecular weight is 477 g/mol. The monoisotopic (exact) mass is 477 g/mol. The fraction of sp³-hybridized carbons (Fsp3) is 0.562. The first-order valence-corrected chi connectivity index (χ1v) is 7.84. The SMILES string of the molecule is CCNC(=NCc1ccc(F)cc1C(F)(F)F)NCCCOCC.I. The lowest BCUT2D eigenvalue weighted by Gasteiger charge is -2.14. The molecule has 0 saturated carbocycles. The molecular weight excluding hydrogens is 453 g/mol. The molecule has 4 nitrogen and oxygen atoms in total. The van der Waals surface area contributed by atoms with E-state index in [1.165, 1.54) is 0 Å². The molecule has 0 heterocycles. The van der Waals surface area contributed by atoms with Crippen molar-refractivity contribution < 1.29 is 22.3 Å². The van der Waals surface area contributed by atoms with Gasteiger partial charge in [-0.15, -0.1) is 24.0 Å². The molecule has 0 spiro atoms. The Balaban J connectivity index is 0.00000576. The smallest absolute Gasteiger partial charge is 0.382 e. The van der Waals surface area contributed by atoms with E-state index in [1.54, 1.807) is 0 Å². The van der Waals surface area contributed by atoms with E-state index in [-0.39, 0.29) is 36.1 Å². The second-order valence-corrected chi connectivity index (χ2v) is 4.97. The molecule has 0 saturated heterocycles. The highest BCUT2D eigenvalue weighted by atomic mass is 127. The predicted octanol–water partition coefficient (Wildman–Crippen LogP) is 3.94. The number of rotatable bonds is 8. The maximum absolute atomic E-state index is 13.1. The van der Waals surface area contributed by atoms with E-state index in [2.05, 4.69) is 15.6 Å². The minimum atomic E-state index is -4.61. The highest BCUT2D eigenvalue weighted by molar-refractivity contribution is 14.0. The molecule has 2 N–H and O–H groups in total. The zero-order valence-corrected chi connectivity index (χ0v) is 16.6. The highest BCUT2D eigenvalue weighted by Crippen LogP contribution is 2.32. The summed E-state index contributed by atoms with van der Waals surface area (Å²) in [6, 6.07) is 2.61. The number of nitrogens with one attached hydrogen (secondary N) is 2. The lowest BCUT2D eigenvalue weighted by Crippen LogP contribution is -2.38. The van der Waals surface area contributed by atoms with Crippen molar-refractivity contribution >= 4 is 29.9 Å². The first-order valence-electron chi connectivity index (χ1n) is 7.84. The summed E-state index contributed by atoms with van der Waals surface area (Å²) in [6.45, 7) is 5.96. The predicted molar refractivity (Wildman–Crippen MR) is 101 cm³/mol. The third kappa shape index (κ3) is 9.24. The molecule has 1 aromatic carbocycles. The van der Waals surface area contributed by atoms with Crippen LogP contribution in [0.1, 0.15) is 31.4 Å². The van der Waals surface area contributed by atoms with Gasteiger partial charge in [0.1, 0.15) is 5.82 Å². The Bertz CT molecular complexity index is 539. The summed E-state index contributed by atoms with van der Waals surface area (Å²) in [6.07, 6.45) is -3.86. The fourth-order valence-electron chi connectivity index (χ4n) is 1.98. The standard InChI is InChI=1S/C16H23F4N3O.HI/c1-3-21-15(22-8-5-9-24-4-2)23-11-12-6-7-13(17)10-14(12)16(18,19)20;/h6-7,10H,3-5,8-9,11H2,1-2H3,(H2,21,22,23);1H. The van der Waals surface area contributed by atoms with Crippen LogP contribution in [-0.4, -0.2) is 32.3 Å². The molecule has 0 amide bonds. The van der Waals surface area contributed by atoms with E-state index in [9.17, 15) is 17.6 Å². The molecule has 0 radical (unpaired) electrons. The Morgan fingerprint density at radius 2 is 1.92 bits per heavy atom. The van der Waals surface area contributed by atoms with Crippen LogP contribution in [0.5, 0.6) is 0 Å². The molecule has 0 aliphatic carbocycles. The van der Waals surface area contributed by atoms with Crippen molar-refractivity contribution in [3.8, 4) is 0 Å². The molecule has 0 aromatic heterocycles. The van der Waals surface area contributed by atoms with Crippen LogP contribution < -0.4 is 10.6 Å². The Kier molecular flexibility index (Phi) is 11.7. The maximum atomic E-state index is 13.1. The van der Waals surface area contributed by atoms with Crippen molar-refractivity contribution in [1.82, 2.24) is 10.6 Å². The first kappa shape index (κ1) is 23.9. The van der Waals surface area contributed by atoms with Gasteiger partial charge in [-0.25, -0.2) is 9.38 Å². The zero-order chi connectivity index (χ0) is 18.0. The number of ether oxygens (including phenoxy) is 1. The fourth-order valence-corrected chi connectivity index (χ4v) is 1.98. The molecule has 0 bridgehead atoms. The van der Waals surface area contributed by atoms with E-state index in [1.807, 2.05) is 13.8 Å². The summed E-state index contributed by atoms with van der Waals surface area (Å²) < 4.78 is 57.2. The topological polar surface area (TPSA) is 45.7 Å². The molecule has 9 heteroatoms. The van der Waals surface area contributed by atoms with Gasteiger partial charge in [0.05, 0.1) is 12.1 Å². The van der Waals surface area contributed by atoms with Gasteiger partial charge in [-0.2, -0.15) is 13.2 Å². The van der Waals surface area contributed by atoms with Crippen LogP contribution in [-0.2, 0) is 17.5 Å². The number of hydrogen-bond donors (Lipinski definition) is 2. The Labute approximate surface area is 162 Å². The number of hydrogen-bond acceptors (Lipinski definition) is 2. The molecule has 0 fully saturated rings. The largest absolute Gasteiger partial charge is 0.416 e. The number of halogens is 5. The minimum Gasteiger partial charge on any atom is -0.382 e. The third-order valence-corrected chi connectivity index (χ3v) is 3.09. The normalized spacial score (nSPS) is 11.8. The van der Waals surface area contributed by atoms with Gasteiger partial charge in [0.25, 0.3) is 0 Å². The summed E-state index contributed by atoms with van der Waals surface area (Å²) >= 11 is 0. The third-order valence-electron chi connectivity index (χ3n) is 3.09. The van der Waals surface area contributed by atoms with Gasteiger partial charge in [0.15, 0.2) is 5.96 Å². The quantitative estimate of drug-likeness (QED) is 0.196. The Hall–Kier alpha value is -1.10. The molecular formula is C16H24F4IN3O. The first-order chi connectivity index (χ1) is 11.4. The van der Waals surface area contributed by atoms with Crippen LogP contribution in [0.2, 0.25) is 0 Å². The van der Waals surface area contributed by atoms with Crippen molar-refractivity contribution in [2.45, 2.75) is 33.0 Å². The van der Waals surface area contributed by atoms with Crippen LogP contribution >= 0.6 is 24.0 Å². The van der Waals surface area contributed by atoms with E-state index in [0.29, 0.717) is 38.3 Å². The molecule has 1 aromatic rings. The van der Waals surface area contributed by atoms with Crippen molar-refractivity contribution in [2.24, 2.45) is 4.99 Å². The second kappa shape index (κ2) is 12.3. The van der Waals surface area contributed by atoms with Crippen molar-refractivity contribution in [2.75, 3.05) is 26.3 Å². The Morgan fingerprint density at radius 3 is 2.52 bits per heavy atom. The zero-order valence-electron chi connectivity index (χ0n) is 14.3. The van der Waals surface area contributed by atoms with Crippen molar-refractivity contribution in [3.05, 3.63) is 35.1 Å². The minimum absolute atomic E-state index is 0. The molecule has 1 rings (SSSR count). The van der Waals surface area contributed by atoms with Crippen LogP contribution in [0.25, 0.3) is 0 Å². The van der Waals surface area contributed by atoms with Crippen LogP contribution in [0.15, 0.2) is 23.2 Å². The molecule has 0 unspecified atom stereocenters. The van der Waals surface area contributed by atoms with Gasteiger partial charge >= 0.3 is 6.18 Å². The van der Waals surface area contributed by atoms with Gasteiger partial charge in [0, 0.05) is 26.3 Å². The summed E-state index contributed by atoms with van der Waals surface area (Å²) in [7, 11) is 0. The molecule has 144 valence electrons. The lowest BCUT2D eigenvalue weighted by molar-refractivity contribution is -0.138. The number of guanidine groups is 1. The van der Waals surface area contributed by atoms with E-state index >= 15 is 0 Å². The van der Waals surface area contributed by atoms with E-state index < -0.39 is 17.6 Å². The molecule has 0 atom stereocenters. The second-order valence-electron chi connectivity index (χ2n) is 4.97. The summed E-state index contributed by atoms with van der Waals surface area (Å²) in [4.78, 5) is 4.14. The van der Waals surface area contributed by atoms with E-state index in [0.717, 1.165) is 18.6 Å². The maximum Gasteiger partial charge on any atom is 0.416 e. The van der Waals surface area contributed by atoms with Gasteiger partial charge in [-0.3, -0.25) is 0 Å². The molecule has 0 aliphatic rings. The van der Waals surface area contributed by atoms with Gasteiger partial charge < -0.3 is 15.4 Å². The summed E-state index contributed by atoms with van der Waals surface area (Å²) in [5.41, 5.74) is -1.08.